The molecule has 0 saturated carbocycles. The normalized spacial score (nSPS) is 13.5. The zero-order chi connectivity index (χ0) is 21.4. The first kappa shape index (κ1) is 19.6. The van der Waals surface area contributed by atoms with E-state index in [2.05, 4.69) is 4.74 Å². The lowest BCUT2D eigenvalue weighted by Gasteiger charge is -2.31. The number of non-ortho nitro benzene ring substituents is 1. The van der Waals surface area contributed by atoms with E-state index in [1.165, 1.54) is 23.1 Å². The maximum Gasteiger partial charge on any atom is 0.420 e. The minimum Gasteiger partial charge on any atom is -0.433 e. The van der Waals surface area contributed by atoms with E-state index in [4.69, 9.17) is 4.42 Å². The number of hydrogen-bond acceptors (Lipinski definition) is 6. The molecule has 0 spiro atoms. The van der Waals surface area contributed by atoms with Crippen LogP contribution < -0.4 is 15.4 Å². The van der Waals surface area contributed by atoms with Gasteiger partial charge in [0.25, 0.3) is 5.69 Å². The van der Waals surface area contributed by atoms with E-state index >= 15 is 0 Å². The molecule has 0 bridgehead atoms. The van der Waals surface area contributed by atoms with Crippen molar-refractivity contribution in [3.05, 3.63) is 62.6 Å². The van der Waals surface area contributed by atoms with Crippen LogP contribution in [0, 0.1) is 10.1 Å². The third-order valence-corrected chi connectivity index (χ3v) is 4.85. The molecule has 11 heteroatoms. The first-order chi connectivity index (χ1) is 14.3. The highest BCUT2D eigenvalue weighted by atomic mass is 19.3. The number of amides is 1. The Hall–Kier alpha value is -3.76. The molecule has 30 heavy (non-hydrogen) atoms. The van der Waals surface area contributed by atoms with Crippen molar-refractivity contribution >= 4 is 28.4 Å². The Balaban J connectivity index is 1.69. The summed E-state index contributed by atoms with van der Waals surface area (Å²) in [4.78, 5) is 36.8. The number of anilines is 1. The van der Waals surface area contributed by atoms with E-state index in [-0.39, 0.29) is 34.8 Å². The molecule has 1 aliphatic heterocycles. The summed E-state index contributed by atoms with van der Waals surface area (Å²) in [6, 6.07) is 8.28. The van der Waals surface area contributed by atoms with E-state index in [1.54, 1.807) is 12.1 Å². The quantitative estimate of drug-likeness (QED) is 0.465. The number of para-hydroxylation sites is 1. The van der Waals surface area contributed by atoms with Crippen LogP contribution >= 0.6 is 0 Å². The zero-order valence-electron chi connectivity index (χ0n) is 15.4. The summed E-state index contributed by atoms with van der Waals surface area (Å²) in [6.07, 6.45) is 1.21. The number of ether oxygens (including phenoxy) is 1. The fourth-order valence-corrected chi connectivity index (χ4v) is 3.59. The number of alkyl halides is 2. The van der Waals surface area contributed by atoms with Gasteiger partial charge in [0.1, 0.15) is 12.3 Å². The molecule has 1 aromatic heterocycles. The average Bonchev–Trinajstić information content (AvgIpc) is 3.01. The number of nitrogens with zero attached hydrogens (tertiary/aromatic N) is 3. The van der Waals surface area contributed by atoms with Gasteiger partial charge in [0.05, 0.1) is 22.2 Å². The number of fused-ring (bicyclic) bond motifs is 2. The number of rotatable bonds is 5. The lowest BCUT2D eigenvalue weighted by atomic mass is 10.0. The predicted octanol–water partition coefficient (Wildman–Crippen LogP) is 3.08. The lowest BCUT2D eigenvalue weighted by molar-refractivity contribution is -0.384. The molecule has 0 aliphatic carbocycles. The molecule has 2 aromatic carbocycles. The standard InChI is InChI=1S/C19H15F2N3O6/c20-18(21)29-14-5-1-3-11-4-2-8-22(17(11)14)16(25)10-23-13-7-6-12(24(27)28)9-15(13)30-19(23)26/h1,3,5-7,9,18H,2,4,8,10H2. The lowest BCUT2D eigenvalue weighted by Crippen LogP contribution is -2.39. The van der Waals surface area contributed by atoms with Crippen LogP contribution in [-0.2, 0) is 17.8 Å². The molecular weight excluding hydrogens is 404 g/mol. The van der Waals surface area contributed by atoms with E-state index < -0.39 is 29.7 Å². The van der Waals surface area contributed by atoms with Crippen LogP contribution in [0.4, 0.5) is 20.2 Å². The molecule has 0 saturated heterocycles. The highest BCUT2D eigenvalue weighted by molar-refractivity contribution is 5.96. The van der Waals surface area contributed by atoms with Crippen LogP contribution in [0.3, 0.4) is 0 Å². The fourth-order valence-electron chi connectivity index (χ4n) is 3.59. The van der Waals surface area contributed by atoms with Crippen molar-refractivity contribution in [1.29, 1.82) is 0 Å². The molecule has 0 fully saturated rings. The monoisotopic (exact) mass is 419 g/mol. The number of carbonyl (C=O) groups excluding carboxylic acids is 1. The summed E-state index contributed by atoms with van der Waals surface area (Å²) >= 11 is 0. The molecule has 4 rings (SSSR count). The number of aryl methyl sites for hydroxylation is 1. The van der Waals surface area contributed by atoms with Gasteiger partial charge in [-0.2, -0.15) is 8.78 Å². The fraction of sp³-hybridized carbons (Fsp3) is 0.263. The second-order valence-corrected chi connectivity index (χ2v) is 6.65. The molecule has 0 atom stereocenters. The Morgan fingerprint density at radius 2 is 2.10 bits per heavy atom. The Morgan fingerprint density at radius 3 is 2.83 bits per heavy atom. The summed E-state index contributed by atoms with van der Waals surface area (Å²) in [5.41, 5.74) is 0.878. The summed E-state index contributed by atoms with van der Waals surface area (Å²) in [7, 11) is 0. The number of halogens is 2. The number of nitro benzene ring substituents is 1. The summed E-state index contributed by atoms with van der Waals surface area (Å²) in [5.74, 6) is -1.49. The number of carbonyl (C=O) groups is 1. The molecule has 0 N–H and O–H groups in total. The Labute approximate surface area is 167 Å². The second-order valence-electron chi connectivity index (χ2n) is 6.65. The smallest absolute Gasteiger partial charge is 0.420 e. The van der Waals surface area contributed by atoms with Crippen LogP contribution in [0.5, 0.6) is 5.75 Å². The van der Waals surface area contributed by atoms with Crippen molar-refractivity contribution in [3.8, 4) is 5.75 Å². The van der Waals surface area contributed by atoms with Crippen LogP contribution in [-0.4, -0.2) is 28.6 Å². The van der Waals surface area contributed by atoms with Crippen molar-refractivity contribution < 1.29 is 27.7 Å². The minimum atomic E-state index is -3.05. The van der Waals surface area contributed by atoms with Crippen LogP contribution in [0.15, 0.2) is 45.6 Å². The molecule has 1 aliphatic rings. The van der Waals surface area contributed by atoms with Crippen molar-refractivity contribution in [2.75, 3.05) is 11.4 Å². The summed E-state index contributed by atoms with van der Waals surface area (Å²) < 4.78 is 36.3. The van der Waals surface area contributed by atoms with Gasteiger partial charge in [0.2, 0.25) is 5.91 Å². The van der Waals surface area contributed by atoms with Gasteiger partial charge < -0.3 is 14.1 Å². The molecular formula is C19H15F2N3O6. The molecule has 156 valence electrons. The van der Waals surface area contributed by atoms with Crippen molar-refractivity contribution in [3.63, 3.8) is 0 Å². The molecule has 9 nitrogen and oxygen atoms in total. The first-order valence-electron chi connectivity index (χ1n) is 9.00. The van der Waals surface area contributed by atoms with Gasteiger partial charge in [-0.1, -0.05) is 12.1 Å². The molecule has 3 aromatic rings. The molecule has 0 unspecified atom stereocenters. The van der Waals surface area contributed by atoms with Gasteiger partial charge in [-0.3, -0.25) is 19.5 Å². The van der Waals surface area contributed by atoms with E-state index in [0.717, 1.165) is 10.6 Å². The second kappa shape index (κ2) is 7.58. The highest BCUT2D eigenvalue weighted by Gasteiger charge is 2.28. The number of hydrogen-bond donors (Lipinski definition) is 0. The summed E-state index contributed by atoms with van der Waals surface area (Å²) in [6.45, 7) is -3.20. The average molecular weight is 419 g/mol. The van der Waals surface area contributed by atoms with Crippen LogP contribution in [0.25, 0.3) is 11.1 Å². The van der Waals surface area contributed by atoms with E-state index in [0.29, 0.717) is 18.4 Å². The third-order valence-electron chi connectivity index (χ3n) is 4.85. The maximum atomic E-state index is 13.0. The van der Waals surface area contributed by atoms with E-state index in [1.807, 2.05) is 0 Å². The number of aromatic nitrogens is 1. The van der Waals surface area contributed by atoms with Gasteiger partial charge in [-0.15, -0.1) is 0 Å². The first-order valence-corrected chi connectivity index (χ1v) is 9.00. The number of nitro groups is 1. The van der Waals surface area contributed by atoms with Crippen molar-refractivity contribution in [2.24, 2.45) is 0 Å². The van der Waals surface area contributed by atoms with E-state index in [9.17, 15) is 28.5 Å². The Morgan fingerprint density at radius 1 is 1.30 bits per heavy atom. The highest BCUT2D eigenvalue weighted by Crippen LogP contribution is 2.37. The number of benzene rings is 2. The molecule has 2 heterocycles. The van der Waals surface area contributed by atoms with Crippen molar-refractivity contribution in [2.45, 2.75) is 26.0 Å². The van der Waals surface area contributed by atoms with Gasteiger partial charge in [0.15, 0.2) is 5.58 Å². The summed E-state index contributed by atoms with van der Waals surface area (Å²) in [5, 5.41) is 10.9. The zero-order valence-corrected chi connectivity index (χ0v) is 15.4. The molecule has 1 amide bonds. The Bertz CT molecular complexity index is 1200. The minimum absolute atomic E-state index is 0.0252. The largest absolute Gasteiger partial charge is 0.433 e. The molecule has 0 radical (unpaired) electrons. The SMILES string of the molecule is O=C(Cn1c(=O)oc2cc([N+](=O)[O-])ccc21)N1CCCc2cccc(OC(F)F)c21. The predicted molar refractivity (Wildman–Crippen MR) is 101 cm³/mol. The Kier molecular flexibility index (Phi) is 4.94. The number of oxazole rings is 1. The van der Waals surface area contributed by atoms with Crippen LogP contribution in [0.1, 0.15) is 12.0 Å². The van der Waals surface area contributed by atoms with Gasteiger partial charge >= 0.3 is 12.4 Å². The van der Waals surface area contributed by atoms with Gasteiger partial charge in [-0.05, 0) is 30.5 Å². The van der Waals surface area contributed by atoms with Gasteiger partial charge in [-0.25, -0.2) is 4.79 Å². The maximum absolute atomic E-state index is 13.0. The van der Waals surface area contributed by atoms with Crippen LogP contribution in [0.2, 0.25) is 0 Å². The van der Waals surface area contributed by atoms with Gasteiger partial charge in [0, 0.05) is 12.6 Å². The third kappa shape index (κ3) is 3.49. The van der Waals surface area contributed by atoms with Crippen molar-refractivity contribution in [1.82, 2.24) is 4.57 Å². The topological polar surface area (TPSA) is 108 Å².